The fraction of sp³-hybridized carbons (Fsp3) is 0.0526. The van der Waals surface area contributed by atoms with Gasteiger partial charge in [-0.25, -0.2) is 4.98 Å². The van der Waals surface area contributed by atoms with Crippen molar-refractivity contribution in [3.05, 3.63) is 138 Å². The Morgan fingerprint density at radius 1 is 0.561 bits per heavy atom. The highest BCUT2D eigenvalue weighted by atomic mass is 16.3. The van der Waals surface area contributed by atoms with E-state index in [2.05, 4.69) is 110 Å². The van der Waals surface area contributed by atoms with Gasteiger partial charge in [0.05, 0.1) is 11.6 Å². The third kappa shape index (κ3) is 4.56. The average molecular weight is 527 g/mol. The number of aromatic nitrogens is 1. The van der Waals surface area contributed by atoms with Crippen LogP contribution in [0.4, 0.5) is 0 Å². The Morgan fingerprint density at radius 2 is 1.29 bits per heavy atom. The number of fused-ring (bicyclic) bond motifs is 2. The molecule has 0 aliphatic rings. The predicted molar refractivity (Wildman–Crippen MR) is 167 cm³/mol. The van der Waals surface area contributed by atoms with Gasteiger partial charge in [0.2, 0.25) is 5.89 Å². The lowest BCUT2D eigenvalue weighted by Crippen LogP contribution is -1.90. The van der Waals surface area contributed by atoms with E-state index in [-0.39, 0.29) is 0 Å². The highest BCUT2D eigenvalue weighted by Gasteiger charge is 2.14. The summed E-state index contributed by atoms with van der Waals surface area (Å²) in [5, 5.41) is 12.2. The van der Waals surface area contributed by atoms with Gasteiger partial charge in [-0.05, 0) is 100 Å². The second-order valence-corrected chi connectivity index (χ2v) is 10.6. The van der Waals surface area contributed by atoms with Crippen LogP contribution in [0.5, 0.6) is 0 Å². The van der Waals surface area contributed by atoms with Gasteiger partial charge in [0.25, 0.3) is 0 Å². The molecule has 0 amide bonds. The molecule has 0 spiro atoms. The number of oxazole rings is 1. The molecule has 1 heterocycles. The minimum Gasteiger partial charge on any atom is -0.436 e. The predicted octanol–water partition coefficient (Wildman–Crippen LogP) is 10.1. The Kier molecular flexibility index (Phi) is 5.95. The van der Waals surface area contributed by atoms with Crippen LogP contribution in [0.15, 0.2) is 126 Å². The molecule has 7 rings (SSSR count). The summed E-state index contributed by atoms with van der Waals surface area (Å²) in [6.45, 7) is 4.21. The van der Waals surface area contributed by atoms with E-state index in [4.69, 9.17) is 4.42 Å². The molecule has 0 aliphatic carbocycles. The maximum atomic E-state index is 9.87. The molecule has 3 heteroatoms. The summed E-state index contributed by atoms with van der Waals surface area (Å²) in [7, 11) is 0. The molecule has 0 saturated heterocycles. The SMILES string of the molecule is Cc1cccc(-c2cc(C#N)cc(-c3ccc(-c4ccc(-c5nc6ccccc6o5)cc4)c4ccc(C)cc34)c2)c1. The summed E-state index contributed by atoms with van der Waals surface area (Å²) >= 11 is 0. The highest BCUT2D eigenvalue weighted by molar-refractivity contribution is 6.05. The molecule has 3 nitrogen and oxygen atoms in total. The van der Waals surface area contributed by atoms with Gasteiger partial charge in [0.15, 0.2) is 5.58 Å². The Hall–Kier alpha value is -5.46. The molecule has 0 N–H and O–H groups in total. The molecule has 0 atom stereocenters. The van der Waals surface area contributed by atoms with E-state index in [0.29, 0.717) is 11.5 Å². The first-order valence-electron chi connectivity index (χ1n) is 13.7. The van der Waals surface area contributed by atoms with E-state index in [1.54, 1.807) is 0 Å². The number of hydrogen-bond acceptors (Lipinski definition) is 3. The normalized spacial score (nSPS) is 11.1. The summed E-state index contributed by atoms with van der Waals surface area (Å²) in [6.07, 6.45) is 0. The number of hydrogen-bond donors (Lipinski definition) is 0. The minimum atomic E-state index is 0.621. The number of nitrogens with zero attached hydrogens (tertiary/aromatic N) is 2. The third-order valence-corrected chi connectivity index (χ3v) is 7.63. The summed E-state index contributed by atoms with van der Waals surface area (Å²) < 4.78 is 5.98. The van der Waals surface area contributed by atoms with E-state index in [9.17, 15) is 5.26 Å². The molecule has 41 heavy (non-hydrogen) atoms. The lowest BCUT2D eigenvalue weighted by molar-refractivity contribution is 0.620. The summed E-state index contributed by atoms with van der Waals surface area (Å²) in [6, 6.07) is 44.1. The van der Waals surface area contributed by atoms with Crippen molar-refractivity contribution in [2.45, 2.75) is 13.8 Å². The number of aryl methyl sites for hydroxylation is 2. The van der Waals surface area contributed by atoms with Gasteiger partial charge in [0.1, 0.15) is 5.52 Å². The van der Waals surface area contributed by atoms with Gasteiger partial charge in [-0.2, -0.15) is 5.26 Å². The first-order valence-corrected chi connectivity index (χ1v) is 13.7. The summed E-state index contributed by atoms with van der Waals surface area (Å²) in [4.78, 5) is 4.65. The van der Waals surface area contributed by atoms with Gasteiger partial charge < -0.3 is 4.42 Å². The number of para-hydroxylation sites is 2. The Balaban J connectivity index is 1.34. The highest BCUT2D eigenvalue weighted by Crippen LogP contribution is 2.38. The zero-order valence-electron chi connectivity index (χ0n) is 22.8. The van der Waals surface area contributed by atoms with Crippen molar-refractivity contribution in [3.63, 3.8) is 0 Å². The molecule has 6 aromatic carbocycles. The maximum Gasteiger partial charge on any atom is 0.227 e. The second kappa shape index (κ2) is 9.93. The number of rotatable bonds is 4. The lowest BCUT2D eigenvalue weighted by atomic mass is 9.89. The zero-order valence-corrected chi connectivity index (χ0v) is 22.8. The van der Waals surface area contributed by atoms with Crippen LogP contribution >= 0.6 is 0 Å². The maximum absolute atomic E-state index is 9.87. The molecule has 7 aromatic rings. The van der Waals surface area contributed by atoms with E-state index in [1.807, 2.05) is 36.4 Å². The molecular formula is C38H26N2O. The van der Waals surface area contributed by atoms with Crippen LogP contribution in [0.25, 0.3) is 66.7 Å². The van der Waals surface area contributed by atoms with Crippen molar-refractivity contribution < 1.29 is 4.42 Å². The van der Waals surface area contributed by atoms with E-state index < -0.39 is 0 Å². The van der Waals surface area contributed by atoms with Gasteiger partial charge in [-0.15, -0.1) is 0 Å². The molecule has 0 fully saturated rings. The van der Waals surface area contributed by atoms with Crippen LogP contribution < -0.4 is 0 Å². The Bertz CT molecular complexity index is 2090. The average Bonchev–Trinajstić information content (AvgIpc) is 3.45. The zero-order chi connectivity index (χ0) is 27.9. The largest absolute Gasteiger partial charge is 0.436 e. The van der Waals surface area contributed by atoms with Crippen LogP contribution in [0.2, 0.25) is 0 Å². The van der Waals surface area contributed by atoms with Gasteiger partial charge in [0, 0.05) is 5.56 Å². The van der Waals surface area contributed by atoms with Crippen LogP contribution in [0.1, 0.15) is 16.7 Å². The van der Waals surface area contributed by atoms with E-state index >= 15 is 0 Å². The van der Waals surface area contributed by atoms with E-state index in [0.717, 1.165) is 55.4 Å². The lowest BCUT2D eigenvalue weighted by Gasteiger charge is -2.15. The van der Waals surface area contributed by atoms with Gasteiger partial charge >= 0.3 is 0 Å². The summed E-state index contributed by atoms with van der Waals surface area (Å²) in [5.74, 6) is 0.621. The van der Waals surface area contributed by atoms with Crippen molar-refractivity contribution in [2.24, 2.45) is 0 Å². The van der Waals surface area contributed by atoms with Crippen molar-refractivity contribution in [3.8, 4) is 50.9 Å². The van der Waals surface area contributed by atoms with Crippen LogP contribution in [-0.4, -0.2) is 4.98 Å². The summed E-state index contributed by atoms with van der Waals surface area (Å²) in [5.41, 5.74) is 12.2. The number of benzene rings is 6. The number of nitriles is 1. The fourth-order valence-corrected chi connectivity index (χ4v) is 5.59. The van der Waals surface area contributed by atoms with Gasteiger partial charge in [-0.1, -0.05) is 90.0 Å². The van der Waals surface area contributed by atoms with Crippen molar-refractivity contribution >= 4 is 21.9 Å². The minimum absolute atomic E-state index is 0.621. The molecule has 1 aromatic heterocycles. The smallest absolute Gasteiger partial charge is 0.227 e. The molecule has 0 bridgehead atoms. The van der Waals surface area contributed by atoms with Crippen LogP contribution in [-0.2, 0) is 0 Å². The Morgan fingerprint density at radius 3 is 2.07 bits per heavy atom. The monoisotopic (exact) mass is 526 g/mol. The van der Waals surface area contributed by atoms with E-state index in [1.165, 1.54) is 16.5 Å². The Labute approximate surface area is 239 Å². The van der Waals surface area contributed by atoms with Crippen molar-refractivity contribution in [2.75, 3.05) is 0 Å². The van der Waals surface area contributed by atoms with Crippen molar-refractivity contribution in [1.82, 2.24) is 4.98 Å². The van der Waals surface area contributed by atoms with Crippen LogP contribution in [0.3, 0.4) is 0 Å². The molecule has 194 valence electrons. The molecular weight excluding hydrogens is 500 g/mol. The van der Waals surface area contributed by atoms with Gasteiger partial charge in [-0.3, -0.25) is 0 Å². The standard InChI is InChI=1S/C38H26N2O/c1-24-6-5-7-29(18-24)30-20-26(23-39)21-31(22-30)33-17-16-32(34-15-10-25(2)19-35(33)34)27-11-13-28(14-12-27)38-40-36-8-3-4-9-37(36)41-38/h3-22H,1-2H3. The first kappa shape index (κ1) is 24.6. The van der Waals surface area contributed by atoms with Crippen LogP contribution in [0, 0.1) is 25.2 Å². The first-order chi connectivity index (χ1) is 20.1. The second-order valence-electron chi connectivity index (χ2n) is 10.6. The molecule has 0 radical (unpaired) electrons. The third-order valence-electron chi connectivity index (χ3n) is 7.63. The molecule has 0 aliphatic heterocycles. The molecule has 0 saturated carbocycles. The van der Waals surface area contributed by atoms with Crippen molar-refractivity contribution in [1.29, 1.82) is 5.26 Å². The fourth-order valence-electron chi connectivity index (χ4n) is 5.59. The molecule has 0 unspecified atom stereocenters. The topological polar surface area (TPSA) is 49.8 Å². The quantitative estimate of drug-likeness (QED) is 0.229.